The summed E-state index contributed by atoms with van der Waals surface area (Å²) >= 11 is 1.39. The van der Waals surface area contributed by atoms with Crippen LogP contribution in [0, 0.1) is 0 Å². The number of amides is 1. The summed E-state index contributed by atoms with van der Waals surface area (Å²) in [5.41, 5.74) is 0.585. The predicted molar refractivity (Wildman–Crippen MR) is 114 cm³/mol. The first-order valence-corrected chi connectivity index (χ1v) is 10.1. The van der Waals surface area contributed by atoms with Crippen LogP contribution in [0.1, 0.15) is 47.1 Å². The molecular weight excluding hydrogens is 392 g/mol. The number of benzene rings is 1. The third-order valence-corrected chi connectivity index (χ3v) is 5.38. The fraction of sp³-hybridized carbons (Fsp3) is 0.476. The van der Waals surface area contributed by atoms with E-state index in [0.29, 0.717) is 0 Å². The van der Waals surface area contributed by atoms with Crippen LogP contribution in [-0.4, -0.2) is 32.8 Å². The van der Waals surface area contributed by atoms with Gasteiger partial charge in [0.15, 0.2) is 0 Å². The fourth-order valence-electron chi connectivity index (χ4n) is 2.63. The van der Waals surface area contributed by atoms with Gasteiger partial charge >= 0.3 is 12.1 Å². The minimum atomic E-state index is -1.14. The summed E-state index contributed by atoms with van der Waals surface area (Å²) in [4.78, 5) is 36.5. The molecule has 1 atom stereocenters. The van der Waals surface area contributed by atoms with Gasteiger partial charge in [0.05, 0.1) is 10.4 Å². The topological polar surface area (TPSA) is 97.6 Å². The first-order chi connectivity index (χ1) is 13.3. The summed E-state index contributed by atoms with van der Waals surface area (Å²) in [6.45, 7) is 11.1. The van der Waals surface area contributed by atoms with Crippen molar-refractivity contribution in [1.29, 1.82) is 0 Å². The number of alkyl carbamates (subject to hydrolysis) is 1. The number of nitrogens with one attached hydrogen (secondary N) is 1. The van der Waals surface area contributed by atoms with E-state index in [9.17, 15) is 19.5 Å². The molecule has 0 saturated heterocycles. The van der Waals surface area contributed by atoms with Gasteiger partial charge in [0, 0.05) is 12.5 Å². The van der Waals surface area contributed by atoms with Gasteiger partial charge in [-0.3, -0.25) is 8.75 Å². The summed E-state index contributed by atoms with van der Waals surface area (Å²) in [5.74, 6) is -1.14. The second kappa shape index (κ2) is 8.41. The molecular formula is C21H28N2O5S. The van der Waals surface area contributed by atoms with Gasteiger partial charge in [-0.2, -0.15) is 0 Å². The molecule has 1 amide bonds. The molecule has 29 heavy (non-hydrogen) atoms. The number of nitrogens with zero attached hydrogens (tertiary/aromatic N) is 1. The summed E-state index contributed by atoms with van der Waals surface area (Å²) in [6, 6.07) is 7.80. The monoisotopic (exact) mass is 420 g/mol. The van der Waals surface area contributed by atoms with Gasteiger partial charge in [0.1, 0.15) is 11.6 Å². The number of rotatable bonds is 5. The Morgan fingerprint density at radius 3 is 2.17 bits per heavy atom. The Morgan fingerprint density at radius 2 is 1.72 bits per heavy atom. The van der Waals surface area contributed by atoms with Crippen LogP contribution in [0.15, 0.2) is 35.1 Å². The third kappa shape index (κ3) is 6.45. The molecule has 8 heteroatoms. The smallest absolute Gasteiger partial charge is 0.408 e. The number of hydrogen-bond acceptors (Lipinski definition) is 5. The average Bonchev–Trinajstić information content (AvgIpc) is 2.95. The molecule has 0 spiro atoms. The number of aromatic nitrogens is 1. The molecule has 0 radical (unpaired) electrons. The summed E-state index contributed by atoms with van der Waals surface area (Å²) in [6.07, 6.45) is -0.650. The molecule has 2 aromatic rings. The van der Waals surface area contributed by atoms with Gasteiger partial charge in [0.2, 0.25) is 0 Å². The number of carboxylic acids is 1. The van der Waals surface area contributed by atoms with Crippen LogP contribution >= 0.6 is 11.5 Å². The van der Waals surface area contributed by atoms with E-state index < -0.39 is 23.7 Å². The molecule has 2 rings (SSSR count). The molecule has 0 bridgehead atoms. The molecule has 1 aromatic heterocycles. The number of ether oxygens (including phenoxy) is 1. The van der Waals surface area contributed by atoms with Crippen LogP contribution in [0.4, 0.5) is 4.79 Å². The van der Waals surface area contributed by atoms with Crippen molar-refractivity contribution in [2.75, 3.05) is 0 Å². The van der Waals surface area contributed by atoms with Crippen molar-refractivity contribution >= 4 is 23.6 Å². The van der Waals surface area contributed by atoms with Crippen molar-refractivity contribution in [3.8, 4) is 10.4 Å². The average molecular weight is 421 g/mol. The van der Waals surface area contributed by atoms with Crippen LogP contribution < -0.4 is 10.9 Å². The molecule has 0 aliphatic carbocycles. The normalized spacial score (nSPS) is 13.0. The fourth-order valence-corrected chi connectivity index (χ4v) is 3.64. The maximum Gasteiger partial charge on any atom is 0.408 e. The Bertz CT molecular complexity index is 930. The SMILES string of the molecule is CC(C)(C)OC(=O)NC(Cc1ccc(-c2cc(=O)n(C(C)(C)C)s2)cc1)C(=O)O. The van der Waals surface area contributed by atoms with E-state index in [1.54, 1.807) is 42.9 Å². The third-order valence-electron chi connectivity index (χ3n) is 3.92. The summed E-state index contributed by atoms with van der Waals surface area (Å²) < 4.78 is 6.85. The Hall–Kier alpha value is -2.61. The first kappa shape index (κ1) is 22.7. The Morgan fingerprint density at radius 1 is 1.14 bits per heavy atom. The summed E-state index contributed by atoms with van der Waals surface area (Å²) in [7, 11) is 0. The van der Waals surface area contributed by atoms with Gasteiger partial charge in [-0.15, -0.1) is 0 Å². The molecule has 2 N–H and O–H groups in total. The zero-order valence-corrected chi connectivity index (χ0v) is 18.4. The van der Waals surface area contributed by atoms with Crippen molar-refractivity contribution in [3.63, 3.8) is 0 Å². The minimum absolute atomic E-state index is 0.0471. The highest BCUT2D eigenvalue weighted by molar-refractivity contribution is 7.10. The van der Waals surface area contributed by atoms with E-state index in [1.165, 1.54) is 11.5 Å². The minimum Gasteiger partial charge on any atom is -0.480 e. The predicted octanol–water partition coefficient (Wildman–Crippen LogP) is 3.85. The lowest BCUT2D eigenvalue weighted by molar-refractivity contribution is -0.139. The largest absolute Gasteiger partial charge is 0.480 e. The van der Waals surface area contributed by atoms with Gasteiger partial charge < -0.3 is 15.2 Å². The van der Waals surface area contributed by atoms with Crippen LogP contribution in [0.2, 0.25) is 0 Å². The molecule has 158 valence electrons. The Labute approximate surface area is 174 Å². The van der Waals surface area contributed by atoms with Crippen molar-refractivity contribution in [2.24, 2.45) is 0 Å². The number of carboxylic acid groups (broad SMARTS) is 1. The second-order valence-electron chi connectivity index (χ2n) is 8.84. The van der Waals surface area contributed by atoms with E-state index >= 15 is 0 Å². The van der Waals surface area contributed by atoms with Crippen LogP contribution in [0.25, 0.3) is 10.4 Å². The van der Waals surface area contributed by atoms with Crippen molar-refractivity contribution < 1.29 is 19.4 Å². The van der Waals surface area contributed by atoms with Crippen LogP contribution in [0.5, 0.6) is 0 Å². The maximum atomic E-state index is 12.2. The van der Waals surface area contributed by atoms with E-state index in [-0.39, 0.29) is 17.5 Å². The van der Waals surface area contributed by atoms with Crippen LogP contribution in [-0.2, 0) is 21.5 Å². The molecule has 1 unspecified atom stereocenters. The Kier molecular flexibility index (Phi) is 6.57. The maximum absolute atomic E-state index is 12.2. The van der Waals surface area contributed by atoms with E-state index in [0.717, 1.165) is 16.0 Å². The molecule has 1 aromatic carbocycles. The second-order valence-corrected chi connectivity index (χ2v) is 9.83. The molecule has 0 fully saturated rings. The number of hydrogen-bond donors (Lipinski definition) is 2. The van der Waals surface area contributed by atoms with Gasteiger partial charge in [0.25, 0.3) is 5.56 Å². The molecule has 0 saturated carbocycles. The lowest BCUT2D eigenvalue weighted by Crippen LogP contribution is -2.44. The summed E-state index contributed by atoms with van der Waals surface area (Å²) in [5, 5.41) is 11.8. The first-order valence-electron chi connectivity index (χ1n) is 9.32. The highest BCUT2D eigenvalue weighted by Crippen LogP contribution is 2.27. The quantitative estimate of drug-likeness (QED) is 0.766. The molecule has 1 heterocycles. The van der Waals surface area contributed by atoms with Crippen LogP contribution in [0.3, 0.4) is 0 Å². The zero-order chi connectivity index (χ0) is 22.0. The lowest BCUT2D eigenvalue weighted by Gasteiger charge is -2.22. The molecule has 7 nitrogen and oxygen atoms in total. The highest BCUT2D eigenvalue weighted by Gasteiger charge is 2.24. The van der Waals surface area contributed by atoms with E-state index in [2.05, 4.69) is 5.32 Å². The number of carbonyl (C=O) groups excluding carboxylic acids is 1. The van der Waals surface area contributed by atoms with Crippen molar-refractivity contribution in [2.45, 2.75) is 65.1 Å². The highest BCUT2D eigenvalue weighted by atomic mass is 32.1. The zero-order valence-electron chi connectivity index (χ0n) is 17.6. The van der Waals surface area contributed by atoms with Gasteiger partial charge in [-0.25, -0.2) is 9.59 Å². The standard InChI is InChI=1S/C21H28N2O5S/c1-20(2,3)23-17(24)12-16(29-23)14-9-7-13(8-10-14)11-15(18(25)26)22-19(27)28-21(4,5)6/h7-10,12,15H,11H2,1-6H3,(H,22,27)(H,25,26). The number of carbonyl (C=O) groups is 2. The Balaban J connectivity index is 2.14. The van der Waals surface area contributed by atoms with Gasteiger partial charge in [-0.1, -0.05) is 35.8 Å². The number of aliphatic carboxylic acids is 1. The molecule has 0 aliphatic heterocycles. The van der Waals surface area contributed by atoms with E-state index in [1.807, 2.05) is 32.9 Å². The van der Waals surface area contributed by atoms with Crippen molar-refractivity contribution in [1.82, 2.24) is 9.27 Å². The van der Waals surface area contributed by atoms with E-state index in [4.69, 9.17) is 4.74 Å². The lowest BCUT2D eigenvalue weighted by atomic mass is 10.0. The molecule has 0 aliphatic rings. The van der Waals surface area contributed by atoms with Gasteiger partial charge in [-0.05, 0) is 52.7 Å². The van der Waals surface area contributed by atoms with Crippen molar-refractivity contribution in [3.05, 3.63) is 46.2 Å².